The van der Waals surface area contributed by atoms with Gasteiger partial charge >= 0.3 is 6.18 Å². The number of sulfonamides is 1. The van der Waals surface area contributed by atoms with Gasteiger partial charge in [0.2, 0.25) is 5.91 Å². The van der Waals surface area contributed by atoms with Crippen LogP contribution in [0.1, 0.15) is 27.0 Å². The lowest BCUT2D eigenvalue weighted by Gasteiger charge is -2.16. The van der Waals surface area contributed by atoms with Crippen molar-refractivity contribution in [3.63, 3.8) is 0 Å². The molecule has 174 valence electrons. The molecule has 0 radical (unpaired) electrons. The van der Waals surface area contributed by atoms with Crippen molar-refractivity contribution < 1.29 is 35.5 Å². The van der Waals surface area contributed by atoms with Crippen molar-refractivity contribution in [3.05, 3.63) is 82.9 Å². The number of aromatic nitrogens is 1. The van der Waals surface area contributed by atoms with Crippen LogP contribution in [0, 0.1) is 5.82 Å². The summed E-state index contributed by atoms with van der Waals surface area (Å²) in [6, 6.07) is 7.50. The molecule has 0 bridgehead atoms. The average molecular weight is 483 g/mol. The summed E-state index contributed by atoms with van der Waals surface area (Å²) in [7, 11) is -3.10. The summed E-state index contributed by atoms with van der Waals surface area (Å²) in [5.41, 5.74) is 3.47. The fraction of sp³-hybridized carbons (Fsp3) is 0.143. The Hall–Kier alpha value is -3.67. The number of nitrogens with one attached hydrogen (secondary N) is 1. The third kappa shape index (κ3) is 5.40. The smallest absolute Gasteiger partial charge is 0.419 e. The van der Waals surface area contributed by atoms with Crippen LogP contribution in [0.25, 0.3) is 0 Å². The summed E-state index contributed by atoms with van der Waals surface area (Å²) in [6.07, 6.45) is -2.75. The largest absolute Gasteiger partial charge is 0.495 e. The molecule has 0 aliphatic heterocycles. The van der Waals surface area contributed by atoms with Crippen molar-refractivity contribution in [2.45, 2.75) is 17.5 Å². The number of anilines is 1. The molecule has 1 aromatic heterocycles. The number of ether oxygens (including phenoxy) is 1. The zero-order valence-corrected chi connectivity index (χ0v) is 17.8. The number of rotatable bonds is 7. The summed E-state index contributed by atoms with van der Waals surface area (Å²) in [5.74, 6) is -2.27. The van der Waals surface area contributed by atoms with Crippen LogP contribution < -0.4 is 15.2 Å². The zero-order chi connectivity index (χ0) is 24.4. The van der Waals surface area contributed by atoms with Gasteiger partial charge < -0.3 is 10.5 Å². The van der Waals surface area contributed by atoms with E-state index in [1.54, 1.807) is 0 Å². The molecule has 1 heterocycles. The molecule has 12 heteroatoms. The third-order valence-electron chi connectivity index (χ3n) is 4.56. The van der Waals surface area contributed by atoms with Crippen LogP contribution in [-0.4, -0.2) is 26.4 Å². The van der Waals surface area contributed by atoms with Crippen molar-refractivity contribution in [1.29, 1.82) is 0 Å². The Bertz CT molecular complexity index is 1310. The average Bonchev–Trinajstić information content (AvgIpc) is 2.73. The van der Waals surface area contributed by atoms with Gasteiger partial charge in [0.05, 0.1) is 36.3 Å². The second-order valence-electron chi connectivity index (χ2n) is 6.87. The Morgan fingerprint density at radius 2 is 1.88 bits per heavy atom. The minimum atomic E-state index is -4.94. The number of hydrogen-bond acceptors (Lipinski definition) is 5. The molecule has 0 unspecified atom stereocenters. The van der Waals surface area contributed by atoms with E-state index in [9.17, 15) is 30.8 Å². The van der Waals surface area contributed by atoms with Crippen molar-refractivity contribution in [1.82, 2.24) is 4.98 Å². The maximum atomic E-state index is 13.6. The Balaban J connectivity index is 2.10. The molecule has 0 aliphatic rings. The van der Waals surface area contributed by atoms with Crippen LogP contribution in [0.4, 0.5) is 23.2 Å². The summed E-state index contributed by atoms with van der Waals surface area (Å²) < 4.78 is 86.5. The minimum absolute atomic E-state index is 0.0145. The van der Waals surface area contributed by atoms with Gasteiger partial charge in [-0.25, -0.2) is 12.8 Å². The topological polar surface area (TPSA) is 111 Å². The predicted molar refractivity (Wildman–Crippen MR) is 111 cm³/mol. The van der Waals surface area contributed by atoms with Gasteiger partial charge in [-0.2, -0.15) is 13.2 Å². The lowest BCUT2D eigenvalue weighted by molar-refractivity contribution is -0.140. The fourth-order valence-electron chi connectivity index (χ4n) is 3.15. The van der Waals surface area contributed by atoms with E-state index < -0.39 is 38.4 Å². The number of carbonyl (C=O) groups is 1. The van der Waals surface area contributed by atoms with E-state index in [1.807, 2.05) is 0 Å². The molecule has 0 saturated carbocycles. The zero-order valence-electron chi connectivity index (χ0n) is 17.0. The van der Waals surface area contributed by atoms with Gasteiger partial charge in [0.15, 0.2) is 0 Å². The molecule has 7 nitrogen and oxygen atoms in total. The van der Waals surface area contributed by atoms with Crippen LogP contribution >= 0.6 is 0 Å². The second kappa shape index (κ2) is 9.06. The lowest BCUT2D eigenvalue weighted by Crippen LogP contribution is -2.22. The molecular formula is C21H17F4N3O4S. The Kier molecular flexibility index (Phi) is 6.58. The van der Waals surface area contributed by atoms with E-state index in [0.29, 0.717) is 12.1 Å². The molecule has 0 saturated heterocycles. The second-order valence-corrected chi connectivity index (χ2v) is 8.48. The summed E-state index contributed by atoms with van der Waals surface area (Å²) in [5, 5.41) is 0. The van der Waals surface area contributed by atoms with E-state index in [0.717, 1.165) is 6.07 Å². The standard InChI is InChI=1S/C21H17F4N3O4S/c1-32-15-9-14(10-27-11-15)28-33(30,31)19-13(3-2-4-16(19)20(26)29)7-12-5-6-18(22)17(8-12)21(23,24)25/h2-6,8-11,28H,7H2,1H3,(H2,26,29). The van der Waals surface area contributed by atoms with Gasteiger partial charge in [-0.3, -0.25) is 14.5 Å². The molecule has 3 N–H and O–H groups in total. The van der Waals surface area contributed by atoms with Crippen LogP contribution in [0.3, 0.4) is 0 Å². The van der Waals surface area contributed by atoms with Gasteiger partial charge in [-0.15, -0.1) is 0 Å². The van der Waals surface area contributed by atoms with E-state index in [1.165, 1.54) is 43.8 Å². The number of nitrogens with zero attached hydrogens (tertiary/aromatic N) is 1. The molecule has 0 aliphatic carbocycles. The quantitative estimate of drug-likeness (QED) is 0.498. The van der Waals surface area contributed by atoms with Gasteiger partial charge in [0.1, 0.15) is 16.5 Å². The number of nitrogens with two attached hydrogens (primary N) is 1. The van der Waals surface area contributed by atoms with Crippen LogP contribution in [0.5, 0.6) is 5.75 Å². The maximum Gasteiger partial charge on any atom is 0.419 e. The molecule has 2 aromatic carbocycles. The number of benzene rings is 2. The number of amides is 1. The highest BCUT2D eigenvalue weighted by atomic mass is 32.2. The molecule has 0 fully saturated rings. The number of pyridine rings is 1. The SMILES string of the molecule is COc1cncc(NS(=O)(=O)c2c(Cc3ccc(F)c(C(F)(F)F)c3)cccc2C(N)=O)c1. The Labute approximate surface area is 186 Å². The van der Waals surface area contributed by atoms with Gasteiger partial charge in [0, 0.05) is 6.07 Å². The first kappa shape index (κ1) is 24.0. The minimum Gasteiger partial charge on any atom is -0.495 e. The Morgan fingerprint density at radius 3 is 2.52 bits per heavy atom. The van der Waals surface area contributed by atoms with Gasteiger partial charge in [-0.1, -0.05) is 18.2 Å². The summed E-state index contributed by atoms with van der Waals surface area (Å²) in [4.78, 5) is 15.3. The van der Waals surface area contributed by atoms with Crippen LogP contribution in [-0.2, 0) is 22.6 Å². The predicted octanol–water partition coefficient (Wildman–Crippen LogP) is 3.74. The highest BCUT2D eigenvalue weighted by molar-refractivity contribution is 7.92. The number of primary amides is 1. The van der Waals surface area contributed by atoms with Crippen molar-refractivity contribution in [3.8, 4) is 5.75 Å². The maximum absolute atomic E-state index is 13.6. The van der Waals surface area contributed by atoms with Crippen molar-refractivity contribution >= 4 is 21.6 Å². The van der Waals surface area contributed by atoms with E-state index >= 15 is 0 Å². The van der Waals surface area contributed by atoms with E-state index in [2.05, 4.69) is 9.71 Å². The number of methoxy groups -OCH3 is 1. The molecule has 3 rings (SSSR count). The van der Waals surface area contributed by atoms with Gasteiger partial charge in [-0.05, 0) is 35.7 Å². The highest BCUT2D eigenvalue weighted by Crippen LogP contribution is 2.33. The number of carbonyl (C=O) groups excluding carboxylic acids is 1. The number of halogens is 4. The number of alkyl halides is 3. The molecular weight excluding hydrogens is 466 g/mol. The third-order valence-corrected chi connectivity index (χ3v) is 6.09. The summed E-state index contributed by atoms with van der Waals surface area (Å²) in [6.45, 7) is 0. The molecule has 0 atom stereocenters. The highest BCUT2D eigenvalue weighted by Gasteiger charge is 2.34. The molecule has 1 amide bonds. The van der Waals surface area contributed by atoms with Gasteiger partial charge in [0.25, 0.3) is 10.0 Å². The first-order valence-electron chi connectivity index (χ1n) is 9.21. The lowest BCUT2D eigenvalue weighted by atomic mass is 10.0. The summed E-state index contributed by atoms with van der Waals surface area (Å²) >= 11 is 0. The monoisotopic (exact) mass is 483 g/mol. The van der Waals surface area contributed by atoms with Crippen molar-refractivity contribution in [2.24, 2.45) is 5.73 Å². The van der Waals surface area contributed by atoms with Crippen LogP contribution in [0.15, 0.2) is 59.8 Å². The fourth-order valence-corrected chi connectivity index (χ4v) is 4.61. The van der Waals surface area contributed by atoms with Crippen LogP contribution in [0.2, 0.25) is 0 Å². The first-order chi connectivity index (χ1) is 15.4. The molecule has 0 spiro atoms. The van der Waals surface area contributed by atoms with Crippen molar-refractivity contribution in [2.75, 3.05) is 11.8 Å². The molecule has 33 heavy (non-hydrogen) atoms. The van der Waals surface area contributed by atoms with E-state index in [4.69, 9.17) is 10.5 Å². The normalized spacial score (nSPS) is 11.8. The Morgan fingerprint density at radius 1 is 1.15 bits per heavy atom. The van der Waals surface area contributed by atoms with E-state index in [-0.39, 0.29) is 34.5 Å². The molecule has 3 aromatic rings. The first-order valence-corrected chi connectivity index (χ1v) is 10.7. The number of hydrogen-bond donors (Lipinski definition) is 2.